The summed E-state index contributed by atoms with van der Waals surface area (Å²) in [4.78, 5) is 22.0. The molecule has 4 nitrogen and oxygen atoms in total. The third-order valence-corrected chi connectivity index (χ3v) is 6.29. The molecule has 0 saturated carbocycles. The fourth-order valence-electron chi connectivity index (χ4n) is 3.45. The van der Waals surface area contributed by atoms with Crippen molar-refractivity contribution >= 4 is 34.6 Å². The fraction of sp³-hybridized carbons (Fsp3) is 0.304. The average molecular weight is 392 g/mol. The zero-order chi connectivity index (χ0) is 19.5. The van der Waals surface area contributed by atoms with Crippen LogP contribution >= 0.6 is 11.8 Å². The van der Waals surface area contributed by atoms with E-state index in [0.717, 1.165) is 43.3 Å². The van der Waals surface area contributed by atoms with Gasteiger partial charge >= 0.3 is 0 Å². The summed E-state index contributed by atoms with van der Waals surface area (Å²) in [6.07, 6.45) is 2.97. The van der Waals surface area contributed by atoms with Gasteiger partial charge < -0.3 is 9.80 Å². The zero-order valence-electron chi connectivity index (χ0n) is 16.4. The van der Waals surface area contributed by atoms with Crippen molar-refractivity contribution in [3.05, 3.63) is 70.1 Å². The zero-order valence-corrected chi connectivity index (χ0v) is 17.2. The van der Waals surface area contributed by atoms with E-state index in [0.29, 0.717) is 4.91 Å². The second-order valence-electron chi connectivity index (χ2n) is 7.21. The van der Waals surface area contributed by atoms with Crippen LogP contribution in [0.4, 0.5) is 5.69 Å². The van der Waals surface area contributed by atoms with Crippen LogP contribution in [0.15, 0.2) is 58.4 Å². The number of carbonyl (C=O) groups is 1. The molecule has 0 radical (unpaired) electrons. The number of amides is 1. The Balaban J connectivity index is 1.38. The summed E-state index contributed by atoms with van der Waals surface area (Å²) in [7, 11) is 0. The van der Waals surface area contributed by atoms with Crippen molar-refractivity contribution in [2.45, 2.75) is 20.3 Å². The van der Waals surface area contributed by atoms with Gasteiger partial charge in [0.2, 0.25) is 0 Å². The normalized spacial score (nSPS) is 18.7. The second kappa shape index (κ2) is 8.23. The number of thioether (sulfide) groups is 1. The molecule has 0 unspecified atom stereocenters. The highest BCUT2D eigenvalue weighted by Crippen LogP contribution is 2.31. The van der Waals surface area contributed by atoms with Crippen LogP contribution in [0.3, 0.4) is 0 Å². The first-order valence-corrected chi connectivity index (χ1v) is 10.6. The van der Waals surface area contributed by atoms with Crippen LogP contribution in [0.1, 0.15) is 23.6 Å². The van der Waals surface area contributed by atoms with Gasteiger partial charge in [-0.05, 0) is 54.4 Å². The van der Waals surface area contributed by atoms with Gasteiger partial charge in [-0.25, -0.2) is 0 Å². The van der Waals surface area contributed by atoms with Gasteiger partial charge in [0.15, 0.2) is 5.17 Å². The lowest BCUT2D eigenvalue weighted by molar-refractivity contribution is -0.113. The molecule has 0 bridgehead atoms. The molecule has 0 aromatic heterocycles. The molecule has 2 aliphatic rings. The van der Waals surface area contributed by atoms with E-state index >= 15 is 0 Å². The lowest BCUT2D eigenvalue weighted by atomic mass is 10.1. The maximum absolute atomic E-state index is 12.4. The van der Waals surface area contributed by atoms with E-state index in [2.05, 4.69) is 77.2 Å². The van der Waals surface area contributed by atoms with Gasteiger partial charge in [0.1, 0.15) is 0 Å². The van der Waals surface area contributed by atoms with Crippen molar-refractivity contribution in [2.75, 3.05) is 31.1 Å². The van der Waals surface area contributed by atoms with Crippen molar-refractivity contribution in [3.63, 3.8) is 0 Å². The molecule has 0 spiro atoms. The molecule has 2 heterocycles. The summed E-state index contributed by atoms with van der Waals surface area (Å²) in [6, 6.07) is 17.0. The highest BCUT2D eigenvalue weighted by atomic mass is 32.2. The Morgan fingerprint density at radius 1 is 0.964 bits per heavy atom. The quantitative estimate of drug-likeness (QED) is 0.729. The van der Waals surface area contributed by atoms with Crippen LogP contribution in [0.2, 0.25) is 0 Å². The number of amidine groups is 1. The maximum atomic E-state index is 12.4. The standard InChI is InChI=1S/C23H25N3OS/c1-3-18-6-8-19(9-7-18)16-21-22(27)24-23(28-21)26-14-12-25(13-15-26)20-10-4-17(2)5-11-20/h4-11,16H,3,12-15H2,1-2H3/b21-16+. The van der Waals surface area contributed by atoms with Gasteiger partial charge in [-0.2, -0.15) is 4.99 Å². The van der Waals surface area contributed by atoms with Gasteiger partial charge in [0, 0.05) is 31.9 Å². The fourth-order valence-corrected chi connectivity index (χ4v) is 4.41. The number of rotatable bonds is 3. The van der Waals surface area contributed by atoms with E-state index in [-0.39, 0.29) is 5.91 Å². The van der Waals surface area contributed by atoms with Crippen molar-refractivity contribution < 1.29 is 4.79 Å². The number of aryl methyl sites for hydroxylation is 2. The van der Waals surface area contributed by atoms with Crippen LogP contribution < -0.4 is 4.90 Å². The summed E-state index contributed by atoms with van der Waals surface area (Å²) in [5, 5.41) is 0.838. The Labute approximate surface area is 171 Å². The molecule has 1 fully saturated rings. The lowest BCUT2D eigenvalue weighted by Crippen LogP contribution is -2.47. The van der Waals surface area contributed by atoms with Crippen LogP contribution in [0.25, 0.3) is 6.08 Å². The van der Waals surface area contributed by atoms with Crippen molar-refractivity contribution in [2.24, 2.45) is 4.99 Å². The first-order chi connectivity index (χ1) is 13.6. The molecule has 2 aliphatic heterocycles. The van der Waals surface area contributed by atoms with E-state index in [1.54, 1.807) is 0 Å². The molecule has 2 aromatic rings. The summed E-state index contributed by atoms with van der Waals surface area (Å²) in [6.45, 7) is 7.89. The molecule has 2 aromatic carbocycles. The topological polar surface area (TPSA) is 35.9 Å². The average Bonchev–Trinajstić information content (AvgIpc) is 3.09. The Morgan fingerprint density at radius 3 is 2.25 bits per heavy atom. The molecule has 28 heavy (non-hydrogen) atoms. The summed E-state index contributed by atoms with van der Waals surface area (Å²) >= 11 is 1.50. The van der Waals surface area contributed by atoms with Gasteiger partial charge in [-0.15, -0.1) is 0 Å². The molecule has 0 aliphatic carbocycles. The molecule has 0 N–H and O–H groups in total. The molecule has 4 rings (SSSR count). The number of hydrogen-bond donors (Lipinski definition) is 0. The number of aliphatic imine (C=N–C) groups is 1. The number of nitrogens with zero attached hydrogens (tertiary/aromatic N) is 3. The van der Waals surface area contributed by atoms with Crippen molar-refractivity contribution in [1.29, 1.82) is 0 Å². The predicted octanol–water partition coefficient (Wildman–Crippen LogP) is 4.35. The van der Waals surface area contributed by atoms with Crippen molar-refractivity contribution in [3.8, 4) is 0 Å². The van der Waals surface area contributed by atoms with Crippen LogP contribution in [-0.4, -0.2) is 42.2 Å². The molecule has 1 saturated heterocycles. The number of piperazine rings is 1. The monoisotopic (exact) mass is 391 g/mol. The molecule has 0 atom stereocenters. The summed E-state index contributed by atoms with van der Waals surface area (Å²) in [5.41, 5.74) is 4.89. The number of benzene rings is 2. The minimum absolute atomic E-state index is 0.125. The van der Waals surface area contributed by atoms with Gasteiger partial charge in [0.05, 0.1) is 4.91 Å². The first-order valence-electron chi connectivity index (χ1n) is 9.80. The van der Waals surface area contributed by atoms with E-state index in [4.69, 9.17) is 0 Å². The third-order valence-electron chi connectivity index (χ3n) is 5.24. The van der Waals surface area contributed by atoms with Gasteiger partial charge in [-0.3, -0.25) is 4.79 Å². The SMILES string of the molecule is CCc1ccc(/C=C2/SC(N3CCN(c4ccc(C)cc4)CC3)=NC2=O)cc1. The smallest absolute Gasteiger partial charge is 0.286 e. The summed E-state index contributed by atoms with van der Waals surface area (Å²) < 4.78 is 0. The summed E-state index contributed by atoms with van der Waals surface area (Å²) in [5.74, 6) is -0.125. The largest absolute Gasteiger partial charge is 0.368 e. The van der Waals surface area contributed by atoms with Gasteiger partial charge in [0.25, 0.3) is 5.91 Å². The minimum atomic E-state index is -0.125. The van der Waals surface area contributed by atoms with Crippen molar-refractivity contribution in [1.82, 2.24) is 4.90 Å². The molecule has 5 heteroatoms. The highest BCUT2D eigenvalue weighted by Gasteiger charge is 2.28. The van der Waals surface area contributed by atoms with E-state index in [9.17, 15) is 4.79 Å². The third kappa shape index (κ3) is 4.14. The number of anilines is 1. The van der Waals surface area contributed by atoms with Crippen LogP contribution in [0, 0.1) is 6.92 Å². The van der Waals surface area contributed by atoms with E-state index in [1.165, 1.54) is 28.6 Å². The highest BCUT2D eigenvalue weighted by molar-refractivity contribution is 8.18. The second-order valence-corrected chi connectivity index (χ2v) is 8.22. The lowest BCUT2D eigenvalue weighted by Gasteiger charge is -2.36. The maximum Gasteiger partial charge on any atom is 0.286 e. The van der Waals surface area contributed by atoms with Crippen LogP contribution in [0.5, 0.6) is 0 Å². The molecular formula is C23H25N3OS. The molecular weight excluding hydrogens is 366 g/mol. The number of carbonyl (C=O) groups excluding carboxylic acids is 1. The Bertz CT molecular complexity index is 908. The van der Waals surface area contributed by atoms with E-state index < -0.39 is 0 Å². The first kappa shape index (κ1) is 18.8. The predicted molar refractivity (Wildman–Crippen MR) is 119 cm³/mol. The molecule has 144 valence electrons. The number of hydrogen-bond acceptors (Lipinski definition) is 4. The van der Waals surface area contributed by atoms with Gasteiger partial charge in [-0.1, -0.05) is 48.9 Å². The van der Waals surface area contributed by atoms with Crippen LogP contribution in [-0.2, 0) is 11.2 Å². The molecule has 1 amide bonds. The van der Waals surface area contributed by atoms with E-state index in [1.807, 2.05) is 6.08 Å². The Hall–Kier alpha value is -2.53. The Kier molecular flexibility index (Phi) is 5.53. The Morgan fingerprint density at radius 2 is 1.61 bits per heavy atom. The minimum Gasteiger partial charge on any atom is -0.368 e.